The highest BCUT2D eigenvalue weighted by Gasteiger charge is 2.40. The first kappa shape index (κ1) is 19.9. The van der Waals surface area contributed by atoms with Gasteiger partial charge in [0.1, 0.15) is 16.9 Å². The maximum Gasteiger partial charge on any atom is 0.293 e. The van der Waals surface area contributed by atoms with Gasteiger partial charge in [0.25, 0.3) is 5.91 Å². The lowest BCUT2D eigenvalue weighted by atomic mass is 10.0. The van der Waals surface area contributed by atoms with E-state index in [-0.39, 0.29) is 27.7 Å². The van der Waals surface area contributed by atoms with Crippen molar-refractivity contribution in [1.29, 1.82) is 0 Å². The second-order valence-corrected chi connectivity index (χ2v) is 8.53. The maximum absolute atomic E-state index is 13.6. The van der Waals surface area contributed by atoms with Gasteiger partial charge in [-0.05, 0) is 41.9 Å². The van der Waals surface area contributed by atoms with E-state index in [0.29, 0.717) is 24.2 Å². The molecule has 0 bridgehead atoms. The molecule has 0 radical (unpaired) electrons. The number of carbonyl (C=O) groups excluding carboxylic acids is 1. The molecule has 11 heteroatoms. The lowest BCUT2D eigenvalue weighted by Gasteiger charge is -2.32. The Morgan fingerprint density at radius 2 is 2.16 bits per heavy atom. The summed E-state index contributed by atoms with van der Waals surface area (Å²) in [5.41, 5.74) is 0.829. The number of halogens is 2. The molecule has 1 atom stereocenters. The van der Waals surface area contributed by atoms with Crippen molar-refractivity contribution in [2.75, 3.05) is 6.54 Å². The molecule has 4 heterocycles. The van der Waals surface area contributed by atoms with E-state index in [9.17, 15) is 14.3 Å². The number of nitrogens with zero attached hydrogens (tertiary/aromatic N) is 4. The molecule has 3 aromatic heterocycles. The summed E-state index contributed by atoms with van der Waals surface area (Å²) in [6, 6.07) is 3.30. The van der Waals surface area contributed by atoms with Gasteiger partial charge in [-0.3, -0.25) is 4.79 Å². The van der Waals surface area contributed by atoms with Crippen molar-refractivity contribution >= 4 is 32.9 Å². The number of rotatable bonds is 3. The monoisotopic (exact) mass is 489 g/mol. The number of benzene rings is 1. The lowest BCUT2D eigenvalue weighted by Crippen LogP contribution is -2.41. The molecular formula is C20H17BrFN5O4. The fourth-order valence-electron chi connectivity index (χ4n) is 3.60. The number of aromatic amines is 1. The Labute approximate surface area is 183 Å². The fourth-order valence-corrected chi connectivity index (χ4v) is 4.02. The van der Waals surface area contributed by atoms with Crippen molar-refractivity contribution in [3.8, 4) is 0 Å². The molecule has 9 nitrogen and oxygen atoms in total. The Balaban J connectivity index is 1.60. The molecule has 0 fully saturated rings. The quantitative estimate of drug-likeness (QED) is 0.451. The first-order valence-electron chi connectivity index (χ1n) is 9.50. The zero-order chi connectivity index (χ0) is 21.9. The van der Waals surface area contributed by atoms with Gasteiger partial charge in [0.2, 0.25) is 17.5 Å². The molecule has 0 unspecified atom stereocenters. The van der Waals surface area contributed by atoms with Gasteiger partial charge in [0.05, 0.1) is 12.0 Å². The molecule has 0 saturated heterocycles. The molecule has 1 aromatic carbocycles. The molecule has 5 rings (SSSR count). The summed E-state index contributed by atoms with van der Waals surface area (Å²) in [5, 5.41) is 10.2. The Morgan fingerprint density at radius 3 is 2.90 bits per heavy atom. The Kier molecular flexibility index (Phi) is 4.48. The van der Waals surface area contributed by atoms with E-state index in [1.807, 2.05) is 0 Å². The van der Waals surface area contributed by atoms with Crippen molar-refractivity contribution in [2.24, 2.45) is 0 Å². The third kappa shape index (κ3) is 3.33. The van der Waals surface area contributed by atoms with E-state index in [2.05, 4.69) is 35.9 Å². The van der Waals surface area contributed by atoms with Crippen LogP contribution in [0, 0.1) is 5.82 Å². The average molecular weight is 490 g/mol. The highest BCUT2D eigenvalue weighted by Crippen LogP contribution is 2.37. The summed E-state index contributed by atoms with van der Waals surface area (Å²) in [6.07, 6.45) is 2.08. The van der Waals surface area contributed by atoms with E-state index >= 15 is 0 Å². The fraction of sp³-hybridized carbons (Fsp3) is 0.300. The van der Waals surface area contributed by atoms with Crippen molar-refractivity contribution in [3.63, 3.8) is 0 Å². The van der Waals surface area contributed by atoms with Gasteiger partial charge < -0.3 is 23.8 Å². The molecule has 0 spiro atoms. The van der Waals surface area contributed by atoms with E-state index in [1.54, 1.807) is 6.33 Å². The van der Waals surface area contributed by atoms with Gasteiger partial charge in [-0.2, -0.15) is 0 Å². The minimum atomic E-state index is -1.36. The van der Waals surface area contributed by atoms with E-state index in [4.69, 9.17) is 8.83 Å². The number of carbonyl (C=O) groups is 1. The largest absolute Gasteiger partial charge is 0.438 e. The third-order valence-electron chi connectivity index (χ3n) is 5.09. The molecule has 4 aromatic rings. The number of hydrogen-bond donors (Lipinski definition) is 2. The zero-order valence-corrected chi connectivity index (χ0v) is 18.1. The number of fused-ring (bicyclic) bond motifs is 2. The molecule has 1 amide bonds. The molecule has 31 heavy (non-hydrogen) atoms. The van der Waals surface area contributed by atoms with Crippen LogP contribution in [0.3, 0.4) is 0 Å². The Hall–Kier alpha value is -3.05. The van der Waals surface area contributed by atoms with Crippen LogP contribution in [0.15, 0.2) is 38.0 Å². The Morgan fingerprint density at radius 1 is 1.35 bits per heavy atom. The van der Waals surface area contributed by atoms with E-state index < -0.39 is 23.4 Å². The number of H-pyrrole nitrogens is 1. The molecule has 0 saturated carbocycles. The van der Waals surface area contributed by atoms with Crippen molar-refractivity contribution in [3.05, 3.63) is 63.9 Å². The van der Waals surface area contributed by atoms with Gasteiger partial charge in [-0.1, -0.05) is 0 Å². The number of amides is 1. The first-order chi connectivity index (χ1) is 14.7. The highest BCUT2D eigenvalue weighted by atomic mass is 79.9. The number of aromatic nitrogens is 4. The SMILES string of the molecule is CC(C)(O)c1nc(Br)c(C(=O)N2CCc3[nH]cnc3[C@H]2c2nc3ccc(F)cc3o2)o1. The molecule has 2 N–H and O–H groups in total. The standard InChI is InChI=1S/C20H17BrFN5O4/c1-20(2,29)19-26-16(21)15(31-19)18(28)27-6-5-11-13(24-8-23-11)14(27)17-25-10-4-3-9(22)7-12(10)30-17/h3-4,7-8,14,29H,5-6H2,1-2H3,(H,23,24)/t14-/m0/s1. The second kappa shape index (κ2) is 6.99. The van der Waals surface area contributed by atoms with Crippen LogP contribution in [-0.4, -0.2) is 42.4 Å². The van der Waals surface area contributed by atoms with Crippen LogP contribution in [-0.2, 0) is 12.0 Å². The predicted molar refractivity (Wildman–Crippen MR) is 109 cm³/mol. The summed E-state index contributed by atoms with van der Waals surface area (Å²) >= 11 is 3.25. The molecule has 1 aliphatic heterocycles. The summed E-state index contributed by atoms with van der Waals surface area (Å²) < 4.78 is 25.2. The second-order valence-electron chi connectivity index (χ2n) is 7.78. The van der Waals surface area contributed by atoms with E-state index in [1.165, 1.54) is 36.9 Å². The summed E-state index contributed by atoms with van der Waals surface area (Å²) in [4.78, 5) is 31.0. The van der Waals surface area contributed by atoms with Crippen LogP contribution in [0.1, 0.15) is 53.6 Å². The number of oxazole rings is 2. The minimum Gasteiger partial charge on any atom is -0.438 e. The predicted octanol–water partition coefficient (Wildman–Crippen LogP) is 3.46. The topological polar surface area (TPSA) is 121 Å². The van der Waals surface area contributed by atoms with Gasteiger partial charge >= 0.3 is 0 Å². The number of hydrogen-bond acceptors (Lipinski definition) is 7. The van der Waals surface area contributed by atoms with Gasteiger partial charge in [-0.25, -0.2) is 19.3 Å². The smallest absolute Gasteiger partial charge is 0.293 e. The molecule has 1 aliphatic rings. The van der Waals surface area contributed by atoms with Crippen LogP contribution in [0.5, 0.6) is 0 Å². The van der Waals surface area contributed by atoms with Crippen molar-refractivity contribution in [2.45, 2.75) is 31.9 Å². The molecule has 0 aliphatic carbocycles. The van der Waals surface area contributed by atoms with Gasteiger partial charge in [0.15, 0.2) is 16.2 Å². The Bertz CT molecular complexity index is 1300. The highest BCUT2D eigenvalue weighted by molar-refractivity contribution is 9.10. The number of aliphatic hydroxyl groups is 1. The first-order valence-corrected chi connectivity index (χ1v) is 10.3. The number of nitrogens with one attached hydrogen (secondary N) is 1. The van der Waals surface area contributed by atoms with Crippen LogP contribution >= 0.6 is 15.9 Å². The average Bonchev–Trinajstić information content (AvgIpc) is 3.43. The minimum absolute atomic E-state index is 0.00841. The van der Waals surface area contributed by atoms with E-state index in [0.717, 1.165) is 5.69 Å². The van der Waals surface area contributed by atoms with Gasteiger partial charge in [0, 0.05) is 24.7 Å². The zero-order valence-electron chi connectivity index (χ0n) is 16.5. The summed E-state index contributed by atoms with van der Waals surface area (Å²) in [6.45, 7) is 3.35. The number of imidazole rings is 1. The van der Waals surface area contributed by atoms with Crippen molar-refractivity contribution < 1.29 is 23.1 Å². The summed E-state index contributed by atoms with van der Waals surface area (Å²) in [7, 11) is 0. The van der Waals surface area contributed by atoms with Gasteiger partial charge in [-0.15, -0.1) is 0 Å². The van der Waals surface area contributed by atoms with Crippen LogP contribution in [0.25, 0.3) is 11.1 Å². The molecule has 160 valence electrons. The van der Waals surface area contributed by atoms with Crippen LogP contribution < -0.4 is 0 Å². The lowest BCUT2D eigenvalue weighted by molar-refractivity contribution is 0.0436. The van der Waals surface area contributed by atoms with Crippen LogP contribution in [0.2, 0.25) is 0 Å². The van der Waals surface area contributed by atoms with Crippen molar-refractivity contribution in [1.82, 2.24) is 24.8 Å². The maximum atomic E-state index is 13.6. The molecular weight excluding hydrogens is 473 g/mol. The normalized spacial score (nSPS) is 16.7. The summed E-state index contributed by atoms with van der Waals surface area (Å²) in [5.74, 6) is -0.753. The van der Waals surface area contributed by atoms with Crippen LogP contribution in [0.4, 0.5) is 4.39 Å². The third-order valence-corrected chi connectivity index (χ3v) is 5.63.